The molecular formula is C44H78N4O8. The Balaban J connectivity index is 1.30. The Kier molecular flexibility index (Phi) is 16.1. The molecule has 1 saturated heterocycles. The van der Waals surface area contributed by atoms with Crippen molar-refractivity contribution in [1.82, 2.24) is 20.6 Å². The van der Waals surface area contributed by atoms with Gasteiger partial charge in [0.05, 0.1) is 25.4 Å². The fourth-order valence-electron chi connectivity index (χ4n) is 11.9. The number of aliphatic hydroxyl groups is 1. The maximum atomic E-state index is 14.5. The molecule has 1 aliphatic heterocycles. The minimum Gasteiger partial charge on any atom is -0.464 e. The molecule has 0 aromatic heterocycles. The first-order valence-electron chi connectivity index (χ1n) is 22.2. The fourth-order valence-corrected chi connectivity index (χ4v) is 11.9. The van der Waals surface area contributed by atoms with E-state index < -0.39 is 30.1 Å². The number of methoxy groups -OCH3 is 1. The molecule has 5 aliphatic carbocycles. The normalized spacial score (nSPS) is 36.8. The van der Waals surface area contributed by atoms with Crippen LogP contribution in [0.3, 0.4) is 0 Å². The highest BCUT2D eigenvalue weighted by Gasteiger charge is 2.58. The summed E-state index contributed by atoms with van der Waals surface area (Å²) < 4.78 is 17.2. The van der Waals surface area contributed by atoms with Gasteiger partial charge in [-0.3, -0.25) is 14.4 Å². The van der Waals surface area contributed by atoms with Crippen LogP contribution in [0.1, 0.15) is 113 Å². The lowest BCUT2D eigenvalue weighted by molar-refractivity contribution is -0.196. The summed E-state index contributed by atoms with van der Waals surface area (Å²) in [6.45, 7) is 16.3. The summed E-state index contributed by atoms with van der Waals surface area (Å²) in [5.41, 5.74) is 0.295. The summed E-state index contributed by atoms with van der Waals surface area (Å²) >= 11 is 0. The predicted molar refractivity (Wildman–Crippen MR) is 216 cm³/mol. The molecule has 1 heterocycles. The maximum Gasteiger partial charge on any atom is 0.332 e. The average Bonchev–Trinajstić information content (AvgIpc) is 3.49. The van der Waals surface area contributed by atoms with Crippen molar-refractivity contribution in [2.75, 3.05) is 54.1 Å². The Morgan fingerprint density at radius 2 is 1.75 bits per heavy atom. The van der Waals surface area contributed by atoms with Crippen LogP contribution < -0.4 is 10.6 Å². The number of nitrogens with zero attached hydrogens (tertiary/aromatic N) is 2. The highest BCUT2D eigenvalue weighted by atomic mass is 16.7. The van der Waals surface area contributed by atoms with E-state index >= 15 is 0 Å². The lowest BCUT2D eigenvalue weighted by Gasteiger charge is -2.62. The number of fused-ring (bicyclic) bond motifs is 2. The molecule has 0 spiro atoms. The van der Waals surface area contributed by atoms with Gasteiger partial charge < -0.3 is 34.9 Å². The van der Waals surface area contributed by atoms with Gasteiger partial charge in [0.15, 0.2) is 0 Å². The molecule has 3 N–H and O–H groups in total. The zero-order valence-corrected chi connectivity index (χ0v) is 36.5. The second-order valence-electron chi connectivity index (χ2n) is 19.7. The van der Waals surface area contributed by atoms with E-state index in [2.05, 4.69) is 64.2 Å². The first-order chi connectivity index (χ1) is 26.5. The highest BCUT2D eigenvalue weighted by Crippen LogP contribution is 2.61. The predicted octanol–water partition coefficient (Wildman–Crippen LogP) is 5.06. The molecular weight excluding hydrogens is 713 g/mol. The standard InChI is InChI=1S/C44H78N4O8/c1-11-55-38(50)25-54-24-37-39(28(5)49)40(43(52)46-36-21-32-20-35(27(36)4)44(32,6)7)48(56-37)22-31-16-13-17-34(41(31)53-10)29-14-12-15-30(19-29)42(51)45-33(18-26(2)3)23-47(8)9/h26-37,39-41,49H,11-25H2,1-10H3,(H,45,51)(H,46,52)/t27-,28-,29?,30?,31?,32+,33+,34?,35-,36-,37-,39+,40-,41?/m0/s1. The molecule has 5 saturated carbocycles. The highest BCUT2D eigenvalue weighted by molar-refractivity contribution is 5.83. The van der Waals surface area contributed by atoms with Gasteiger partial charge in [-0.05, 0) is 114 Å². The zero-order valence-electron chi connectivity index (χ0n) is 36.5. The second kappa shape index (κ2) is 19.9. The molecule has 14 atom stereocenters. The Labute approximate surface area is 338 Å². The van der Waals surface area contributed by atoms with Crippen molar-refractivity contribution < 1.29 is 38.5 Å². The number of rotatable bonds is 18. The van der Waals surface area contributed by atoms with E-state index in [0.29, 0.717) is 47.5 Å². The number of hydrogen-bond acceptors (Lipinski definition) is 10. The van der Waals surface area contributed by atoms with E-state index in [1.807, 2.05) is 5.06 Å². The molecule has 56 heavy (non-hydrogen) atoms. The summed E-state index contributed by atoms with van der Waals surface area (Å²) in [7, 11) is 5.93. The van der Waals surface area contributed by atoms with Crippen LogP contribution in [0.4, 0.5) is 0 Å². The number of hydrogen-bond donors (Lipinski definition) is 3. The summed E-state index contributed by atoms with van der Waals surface area (Å²) in [5, 5.41) is 20.0. The molecule has 6 aliphatic rings. The van der Waals surface area contributed by atoms with E-state index in [-0.39, 0.29) is 61.7 Å². The van der Waals surface area contributed by atoms with Gasteiger partial charge in [-0.15, -0.1) is 0 Å². The van der Waals surface area contributed by atoms with E-state index in [1.165, 1.54) is 6.42 Å². The zero-order chi connectivity index (χ0) is 40.9. The van der Waals surface area contributed by atoms with Crippen molar-refractivity contribution in [3.8, 4) is 0 Å². The monoisotopic (exact) mass is 791 g/mol. The molecule has 0 aromatic carbocycles. The van der Waals surface area contributed by atoms with Crippen LogP contribution in [0, 0.1) is 58.7 Å². The minimum absolute atomic E-state index is 0.000550. The Morgan fingerprint density at radius 3 is 2.38 bits per heavy atom. The minimum atomic E-state index is -0.858. The molecule has 2 amide bonds. The number of esters is 1. The van der Waals surface area contributed by atoms with Crippen molar-refractivity contribution in [3.05, 3.63) is 0 Å². The number of nitrogens with one attached hydrogen (secondary N) is 2. The average molecular weight is 791 g/mol. The number of aliphatic hydroxyl groups excluding tert-OH is 1. The molecule has 2 bridgehead atoms. The van der Waals surface area contributed by atoms with E-state index in [1.54, 1.807) is 21.0 Å². The van der Waals surface area contributed by atoms with Gasteiger partial charge in [-0.1, -0.05) is 53.9 Å². The van der Waals surface area contributed by atoms with E-state index in [9.17, 15) is 19.5 Å². The topological polar surface area (TPSA) is 139 Å². The number of ether oxygens (including phenoxy) is 3. The van der Waals surface area contributed by atoms with Crippen molar-refractivity contribution in [2.24, 2.45) is 58.7 Å². The Morgan fingerprint density at radius 1 is 1.02 bits per heavy atom. The number of likely N-dealkylation sites (N-methyl/N-ethyl adjacent to an activating group) is 1. The van der Waals surface area contributed by atoms with Crippen molar-refractivity contribution in [3.63, 3.8) is 0 Å². The van der Waals surface area contributed by atoms with Crippen LogP contribution in [0.5, 0.6) is 0 Å². The Bertz CT molecular complexity index is 1290. The third-order valence-corrected chi connectivity index (χ3v) is 14.8. The second-order valence-corrected chi connectivity index (χ2v) is 19.7. The van der Waals surface area contributed by atoms with Crippen molar-refractivity contribution in [1.29, 1.82) is 0 Å². The van der Waals surface area contributed by atoms with E-state index in [0.717, 1.165) is 64.3 Å². The quantitative estimate of drug-likeness (QED) is 0.162. The summed E-state index contributed by atoms with van der Waals surface area (Å²) in [4.78, 5) is 49.2. The molecule has 322 valence electrons. The van der Waals surface area contributed by atoms with Crippen LogP contribution >= 0.6 is 0 Å². The number of amides is 2. The van der Waals surface area contributed by atoms with E-state index in [4.69, 9.17) is 19.0 Å². The van der Waals surface area contributed by atoms with Gasteiger partial charge in [-0.25, -0.2) is 4.79 Å². The van der Waals surface area contributed by atoms with Gasteiger partial charge in [-0.2, -0.15) is 5.06 Å². The van der Waals surface area contributed by atoms with Gasteiger partial charge in [0.25, 0.3) is 0 Å². The van der Waals surface area contributed by atoms with Crippen LogP contribution in [-0.2, 0) is 33.4 Å². The van der Waals surface area contributed by atoms with Crippen molar-refractivity contribution >= 4 is 17.8 Å². The first-order valence-corrected chi connectivity index (χ1v) is 22.2. The number of carbonyl (C=O) groups excluding carboxylic acids is 3. The van der Waals surface area contributed by atoms with Gasteiger partial charge in [0.2, 0.25) is 11.8 Å². The summed E-state index contributed by atoms with van der Waals surface area (Å²) in [6, 6.07) is -0.523. The summed E-state index contributed by atoms with van der Waals surface area (Å²) in [6.07, 6.45) is 8.53. The SMILES string of the molecule is CCOC(=O)COC[C@@H]1ON(CC2CCCC(C3CCCC(C(=O)N[C@H](CC(C)C)CN(C)C)C3)C2OC)[C@H](C(=O)N[C@H]2C[C@H]3C[C@@H]([C@@H]2C)C3(C)C)[C@@H]1[C@H](C)O. The first kappa shape index (κ1) is 45.3. The molecule has 0 radical (unpaired) electrons. The van der Waals surface area contributed by atoms with Crippen molar-refractivity contribution in [2.45, 2.75) is 149 Å². The Hall–Kier alpha value is -1.83. The molecule has 6 rings (SSSR count). The smallest absolute Gasteiger partial charge is 0.332 e. The summed E-state index contributed by atoms with van der Waals surface area (Å²) in [5.74, 6) is 1.84. The van der Waals surface area contributed by atoms with Crippen LogP contribution in [0.25, 0.3) is 0 Å². The van der Waals surface area contributed by atoms with Gasteiger partial charge in [0, 0.05) is 50.0 Å². The largest absolute Gasteiger partial charge is 0.464 e. The lowest BCUT2D eigenvalue weighted by atomic mass is 9.45. The van der Waals surface area contributed by atoms with Crippen LogP contribution in [0.2, 0.25) is 0 Å². The lowest BCUT2D eigenvalue weighted by Crippen LogP contribution is -2.62. The molecule has 12 nitrogen and oxygen atoms in total. The fraction of sp³-hybridized carbons (Fsp3) is 0.932. The molecule has 0 aromatic rings. The van der Waals surface area contributed by atoms with Crippen LogP contribution in [0.15, 0.2) is 0 Å². The molecule has 6 fully saturated rings. The van der Waals surface area contributed by atoms with Crippen LogP contribution in [-0.4, -0.2) is 123 Å². The third-order valence-electron chi connectivity index (χ3n) is 14.8. The van der Waals surface area contributed by atoms with Gasteiger partial charge >= 0.3 is 5.97 Å². The molecule has 5 unspecified atom stereocenters. The number of carbonyl (C=O) groups is 3. The maximum absolute atomic E-state index is 14.5. The van der Waals surface area contributed by atoms with Gasteiger partial charge in [0.1, 0.15) is 18.8 Å². The third kappa shape index (κ3) is 10.7. The molecule has 12 heteroatoms. The number of hydroxylamine groups is 2.